The molecule has 1 aliphatic heterocycles. The van der Waals surface area contributed by atoms with Gasteiger partial charge in [0.05, 0.1) is 0 Å². The van der Waals surface area contributed by atoms with Gasteiger partial charge in [-0.1, -0.05) is 18.2 Å². The van der Waals surface area contributed by atoms with Crippen LogP contribution in [0.25, 0.3) is 0 Å². The van der Waals surface area contributed by atoms with Crippen molar-refractivity contribution in [1.82, 2.24) is 0 Å². The first-order valence-electron chi connectivity index (χ1n) is 7.35. The summed E-state index contributed by atoms with van der Waals surface area (Å²) in [5.41, 5.74) is 10.9. The average molecular weight is 280 g/mol. The van der Waals surface area contributed by atoms with Crippen molar-refractivity contribution >= 4 is 22.8 Å². The van der Waals surface area contributed by atoms with Gasteiger partial charge in [0.25, 0.3) is 0 Å². The third-order valence-electron chi connectivity index (χ3n) is 4.22. The monoisotopic (exact) mass is 280 g/mol. The number of carbonyl (C=O) groups is 1. The van der Waals surface area contributed by atoms with E-state index in [2.05, 4.69) is 36.1 Å². The van der Waals surface area contributed by atoms with Crippen LogP contribution in [0.4, 0.5) is 17.1 Å². The second-order valence-electron chi connectivity index (χ2n) is 5.71. The molecule has 0 bridgehead atoms. The Morgan fingerprint density at radius 1 is 1.24 bits per heavy atom. The molecule has 0 aliphatic carbocycles. The molecule has 108 valence electrons. The second-order valence-corrected chi connectivity index (χ2v) is 5.71. The minimum atomic E-state index is 0.00569. The summed E-state index contributed by atoms with van der Waals surface area (Å²) in [6.45, 7) is 3.77. The normalized spacial score (nSPS) is 17.4. The number of hydrogen-bond acceptors (Lipinski definition) is 3. The van der Waals surface area contributed by atoms with Crippen LogP contribution in [-0.4, -0.2) is 11.8 Å². The van der Waals surface area contributed by atoms with E-state index < -0.39 is 0 Å². The number of carbonyl (C=O) groups excluding carboxylic acids is 1. The van der Waals surface area contributed by atoms with Crippen LogP contribution in [0.3, 0.4) is 0 Å². The molecule has 0 saturated heterocycles. The predicted octanol–water partition coefficient (Wildman–Crippen LogP) is 3.94. The Kier molecular flexibility index (Phi) is 3.42. The molecule has 2 N–H and O–H groups in total. The van der Waals surface area contributed by atoms with Crippen molar-refractivity contribution in [3.63, 3.8) is 0 Å². The number of nitrogens with zero attached hydrogens (tertiary/aromatic N) is 1. The molecule has 1 aliphatic rings. The molecule has 3 nitrogen and oxygen atoms in total. The number of Topliss-reactive ketones (excluding diaryl/α,β-unsaturated/α-hetero) is 1. The van der Waals surface area contributed by atoms with E-state index in [1.54, 1.807) is 6.92 Å². The summed E-state index contributed by atoms with van der Waals surface area (Å²) in [6, 6.07) is 14.6. The summed E-state index contributed by atoms with van der Waals surface area (Å²) in [5.74, 6) is 0.00569. The van der Waals surface area contributed by atoms with Crippen molar-refractivity contribution in [2.24, 2.45) is 0 Å². The maximum absolute atomic E-state index is 11.5. The van der Waals surface area contributed by atoms with Gasteiger partial charge in [-0.3, -0.25) is 4.79 Å². The van der Waals surface area contributed by atoms with Gasteiger partial charge in [0, 0.05) is 28.7 Å². The van der Waals surface area contributed by atoms with Crippen molar-refractivity contribution in [1.29, 1.82) is 0 Å². The minimum Gasteiger partial charge on any atom is -0.398 e. The molecule has 1 atom stereocenters. The lowest BCUT2D eigenvalue weighted by Gasteiger charge is -2.37. The van der Waals surface area contributed by atoms with Gasteiger partial charge in [-0.05, 0) is 56.5 Å². The van der Waals surface area contributed by atoms with Gasteiger partial charge in [0.15, 0.2) is 5.78 Å². The average Bonchev–Trinajstić information content (AvgIpc) is 2.46. The highest BCUT2D eigenvalue weighted by molar-refractivity contribution is 5.99. The number of hydrogen-bond donors (Lipinski definition) is 1. The molecular formula is C18H20N2O. The summed E-state index contributed by atoms with van der Waals surface area (Å²) in [5, 5.41) is 0. The second kappa shape index (κ2) is 5.24. The van der Waals surface area contributed by atoms with Crippen molar-refractivity contribution in [3.05, 3.63) is 53.6 Å². The molecule has 21 heavy (non-hydrogen) atoms. The molecule has 0 fully saturated rings. The van der Waals surface area contributed by atoms with E-state index >= 15 is 0 Å². The summed E-state index contributed by atoms with van der Waals surface area (Å²) in [4.78, 5) is 13.8. The molecule has 0 aromatic heterocycles. The Morgan fingerprint density at radius 3 is 2.71 bits per heavy atom. The lowest BCUT2D eigenvalue weighted by molar-refractivity contribution is 0.101. The first kappa shape index (κ1) is 13.7. The van der Waals surface area contributed by atoms with E-state index in [1.165, 1.54) is 11.3 Å². The zero-order valence-corrected chi connectivity index (χ0v) is 12.5. The molecule has 1 unspecified atom stereocenters. The third-order valence-corrected chi connectivity index (χ3v) is 4.22. The number of aryl methyl sites for hydroxylation is 1. The van der Waals surface area contributed by atoms with Gasteiger partial charge in [-0.15, -0.1) is 0 Å². The highest BCUT2D eigenvalue weighted by atomic mass is 16.1. The first-order valence-corrected chi connectivity index (χ1v) is 7.35. The Balaban J connectivity index is 2.07. The number of rotatable bonds is 2. The molecule has 0 amide bonds. The molecular weight excluding hydrogens is 260 g/mol. The van der Waals surface area contributed by atoms with Gasteiger partial charge in [-0.2, -0.15) is 0 Å². The quantitative estimate of drug-likeness (QED) is 0.669. The maximum Gasteiger partial charge on any atom is 0.161 e. The van der Waals surface area contributed by atoms with Gasteiger partial charge in [0.1, 0.15) is 0 Å². The van der Waals surface area contributed by atoms with Crippen LogP contribution < -0.4 is 10.6 Å². The fourth-order valence-electron chi connectivity index (χ4n) is 3.10. The maximum atomic E-state index is 11.5. The SMILES string of the molecule is CC(=O)c1ccc(N2c3ccccc3CCC2C)cc1N. The lowest BCUT2D eigenvalue weighted by atomic mass is 9.95. The van der Waals surface area contributed by atoms with Gasteiger partial charge < -0.3 is 10.6 Å². The highest BCUT2D eigenvalue weighted by Crippen LogP contribution is 2.37. The van der Waals surface area contributed by atoms with Gasteiger partial charge >= 0.3 is 0 Å². The molecule has 0 radical (unpaired) electrons. The summed E-state index contributed by atoms with van der Waals surface area (Å²) in [6.07, 6.45) is 2.22. The number of anilines is 3. The van der Waals surface area contributed by atoms with Crippen molar-refractivity contribution in [2.75, 3.05) is 10.6 Å². The van der Waals surface area contributed by atoms with Crippen LogP contribution in [-0.2, 0) is 6.42 Å². The van der Waals surface area contributed by atoms with Crippen molar-refractivity contribution in [3.8, 4) is 0 Å². The van der Waals surface area contributed by atoms with Crippen molar-refractivity contribution in [2.45, 2.75) is 32.7 Å². The molecule has 0 saturated carbocycles. The number of ketones is 1. The number of benzene rings is 2. The van der Waals surface area contributed by atoms with Crippen LogP contribution in [0.2, 0.25) is 0 Å². The molecule has 3 heteroatoms. The standard InChI is InChI=1S/C18H20N2O/c1-12-7-8-14-5-3-4-6-18(14)20(12)15-9-10-16(13(2)21)17(19)11-15/h3-6,9-12H,7-8,19H2,1-2H3. The summed E-state index contributed by atoms with van der Waals surface area (Å²) >= 11 is 0. The first-order chi connectivity index (χ1) is 10.1. The largest absolute Gasteiger partial charge is 0.398 e. The zero-order valence-electron chi connectivity index (χ0n) is 12.5. The van der Waals surface area contributed by atoms with E-state index in [0.29, 0.717) is 17.3 Å². The topological polar surface area (TPSA) is 46.3 Å². The van der Waals surface area contributed by atoms with Crippen LogP contribution in [0.5, 0.6) is 0 Å². The molecule has 1 heterocycles. The van der Waals surface area contributed by atoms with Crippen LogP contribution in [0, 0.1) is 0 Å². The third kappa shape index (κ3) is 2.40. The molecule has 2 aromatic carbocycles. The van der Waals surface area contributed by atoms with E-state index in [9.17, 15) is 4.79 Å². The highest BCUT2D eigenvalue weighted by Gasteiger charge is 2.24. The van der Waals surface area contributed by atoms with Crippen LogP contribution >= 0.6 is 0 Å². The summed E-state index contributed by atoms with van der Waals surface area (Å²) < 4.78 is 0. The molecule has 2 aromatic rings. The smallest absolute Gasteiger partial charge is 0.161 e. The fraction of sp³-hybridized carbons (Fsp3) is 0.278. The fourth-order valence-corrected chi connectivity index (χ4v) is 3.10. The van der Waals surface area contributed by atoms with E-state index in [-0.39, 0.29) is 5.78 Å². The number of nitrogens with two attached hydrogens (primary N) is 1. The van der Waals surface area contributed by atoms with Gasteiger partial charge in [0.2, 0.25) is 0 Å². The number of nitrogen functional groups attached to an aromatic ring is 1. The van der Waals surface area contributed by atoms with E-state index in [1.807, 2.05) is 18.2 Å². The zero-order chi connectivity index (χ0) is 15.0. The van der Waals surface area contributed by atoms with E-state index in [0.717, 1.165) is 18.5 Å². The Morgan fingerprint density at radius 2 is 2.00 bits per heavy atom. The van der Waals surface area contributed by atoms with Crippen LogP contribution in [0.15, 0.2) is 42.5 Å². The number of fused-ring (bicyclic) bond motifs is 1. The Labute approximate surface area is 125 Å². The van der Waals surface area contributed by atoms with E-state index in [4.69, 9.17) is 5.73 Å². The molecule has 3 rings (SSSR count). The number of para-hydroxylation sites is 1. The van der Waals surface area contributed by atoms with Crippen LogP contribution in [0.1, 0.15) is 36.2 Å². The Hall–Kier alpha value is -2.29. The minimum absolute atomic E-state index is 0.00569. The lowest BCUT2D eigenvalue weighted by Crippen LogP contribution is -2.33. The molecule has 0 spiro atoms. The van der Waals surface area contributed by atoms with Crippen molar-refractivity contribution < 1.29 is 4.79 Å². The Bertz CT molecular complexity index is 693. The predicted molar refractivity (Wildman–Crippen MR) is 87.2 cm³/mol. The van der Waals surface area contributed by atoms with Gasteiger partial charge in [-0.25, -0.2) is 0 Å². The summed E-state index contributed by atoms with van der Waals surface area (Å²) in [7, 11) is 0.